The predicted octanol–water partition coefficient (Wildman–Crippen LogP) is 3.00. The molecular formula is C11H13ClFNO2. The zero-order valence-corrected chi connectivity index (χ0v) is 9.75. The third-order valence-electron chi connectivity index (χ3n) is 2.17. The highest BCUT2D eigenvalue weighted by Crippen LogP contribution is 2.24. The van der Waals surface area contributed by atoms with Crippen molar-refractivity contribution in [1.82, 2.24) is 0 Å². The van der Waals surface area contributed by atoms with Crippen LogP contribution in [-0.4, -0.2) is 17.1 Å². The van der Waals surface area contributed by atoms with Gasteiger partial charge >= 0.3 is 5.97 Å². The Morgan fingerprint density at radius 3 is 2.56 bits per heavy atom. The van der Waals surface area contributed by atoms with Gasteiger partial charge < -0.3 is 10.4 Å². The van der Waals surface area contributed by atoms with Crippen molar-refractivity contribution < 1.29 is 14.3 Å². The molecule has 0 saturated heterocycles. The van der Waals surface area contributed by atoms with Crippen molar-refractivity contribution in [2.75, 3.05) is 5.32 Å². The predicted molar refractivity (Wildman–Crippen MR) is 61.3 cm³/mol. The molecule has 0 radical (unpaired) electrons. The van der Waals surface area contributed by atoms with Crippen LogP contribution < -0.4 is 5.32 Å². The average Bonchev–Trinajstić information content (AvgIpc) is 2.15. The van der Waals surface area contributed by atoms with Gasteiger partial charge in [0.1, 0.15) is 11.9 Å². The summed E-state index contributed by atoms with van der Waals surface area (Å²) < 4.78 is 12.8. The summed E-state index contributed by atoms with van der Waals surface area (Å²) in [6.07, 6.45) is 0. The number of hydrogen-bond acceptors (Lipinski definition) is 2. The topological polar surface area (TPSA) is 49.3 Å². The van der Waals surface area contributed by atoms with Gasteiger partial charge in [-0.1, -0.05) is 25.4 Å². The van der Waals surface area contributed by atoms with Crippen LogP contribution in [0.4, 0.5) is 10.1 Å². The number of hydrogen-bond donors (Lipinski definition) is 2. The molecule has 0 amide bonds. The summed E-state index contributed by atoms with van der Waals surface area (Å²) in [7, 11) is 0. The number of nitrogens with one attached hydrogen (secondary N) is 1. The van der Waals surface area contributed by atoms with Crippen LogP contribution in [0.25, 0.3) is 0 Å². The number of halogens is 2. The summed E-state index contributed by atoms with van der Waals surface area (Å²) in [5, 5.41) is 11.9. The Morgan fingerprint density at radius 2 is 2.12 bits per heavy atom. The zero-order valence-electron chi connectivity index (χ0n) is 9.00. The molecule has 3 nitrogen and oxygen atoms in total. The van der Waals surface area contributed by atoms with Crippen LogP contribution in [0.2, 0.25) is 5.02 Å². The Labute approximate surface area is 98.2 Å². The molecule has 2 N–H and O–H groups in total. The molecule has 0 unspecified atom stereocenters. The van der Waals surface area contributed by atoms with E-state index in [0.29, 0.717) is 5.69 Å². The fourth-order valence-electron chi connectivity index (χ4n) is 1.29. The van der Waals surface area contributed by atoms with Gasteiger partial charge in [-0.15, -0.1) is 0 Å². The molecule has 1 aromatic rings. The van der Waals surface area contributed by atoms with Crippen LogP contribution >= 0.6 is 11.6 Å². The lowest BCUT2D eigenvalue weighted by molar-refractivity contribution is -0.138. The number of anilines is 1. The smallest absolute Gasteiger partial charge is 0.326 e. The largest absolute Gasteiger partial charge is 0.480 e. The van der Waals surface area contributed by atoms with Gasteiger partial charge in [-0.2, -0.15) is 0 Å². The van der Waals surface area contributed by atoms with Crippen molar-refractivity contribution in [3.8, 4) is 0 Å². The minimum absolute atomic E-state index is 0.0985. The summed E-state index contributed by atoms with van der Waals surface area (Å²) in [5.41, 5.74) is 0.421. The molecule has 5 heteroatoms. The van der Waals surface area contributed by atoms with Crippen LogP contribution in [0.5, 0.6) is 0 Å². The van der Waals surface area contributed by atoms with Crippen molar-refractivity contribution in [3.05, 3.63) is 29.0 Å². The Kier molecular flexibility index (Phi) is 4.12. The molecule has 0 aromatic heterocycles. The Balaban J connectivity index is 2.90. The van der Waals surface area contributed by atoms with Crippen LogP contribution in [0.3, 0.4) is 0 Å². The highest BCUT2D eigenvalue weighted by atomic mass is 35.5. The van der Waals surface area contributed by atoms with Gasteiger partial charge in [-0.3, -0.25) is 0 Å². The van der Waals surface area contributed by atoms with Crippen LogP contribution in [0, 0.1) is 11.7 Å². The molecule has 88 valence electrons. The van der Waals surface area contributed by atoms with Gasteiger partial charge in [0.15, 0.2) is 0 Å². The second kappa shape index (κ2) is 5.16. The van der Waals surface area contributed by atoms with E-state index in [2.05, 4.69) is 5.32 Å². The first-order valence-electron chi connectivity index (χ1n) is 4.86. The second-order valence-electron chi connectivity index (χ2n) is 3.83. The first-order valence-corrected chi connectivity index (χ1v) is 5.24. The van der Waals surface area contributed by atoms with Crippen molar-refractivity contribution in [1.29, 1.82) is 0 Å². The van der Waals surface area contributed by atoms with Crippen LogP contribution in [0.15, 0.2) is 18.2 Å². The summed E-state index contributed by atoms with van der Waals surface area (Å²) in [4.78, 5) is 10.9. The van der Waals surface area contributed by atoms with Gasteiger partial charge in [-0.25, -0.2) is 9.18 Å². The SMILES string of the molecule is CC(C)[C@H](Nc1ccc(F)cc1Cl)C(=O)O. The van der Waals surface area contributed by atoms with E-state index in [-0.39, 0.29) is 10.9 Å². The lowest BCUT2D eigenvalue weighted by Crippen LogP contribution is -2.34. The van der Waals surface area contributed by atoms with E-state index in [1.165, 1.54) is 12.1 Å². The second-order valence-corrected chi connectivity index (χ2v) is 4.24. The zero-order chi connectivity index (χ0) is 12.3. The van der Waals surface area contributed by atoms with Crippen LogP contribution in [0.1, 0.15) is 13.8 Å². The van der Waals surface area contributed by atoms with Gasteiger partial charge in [0, 0.05) is 0 Å². The minimum atomic E-state index is -0.963. The van der Waals surface area contributed by atoms with E-state index in [9.17, 15) is 9.18 Å². The molecule has 0 saturated carbocycles. The number of carboxylic acid groups (broad SMARTS) is 1. The lowest BCUT2D eigenvalue weighted by atomic mass is 10.0. The Morgan fingerprint density at radius 1 is 1.50 bits per heavy atom. The van der Waals surface area contributed by atoms with Gasteiger partial charge in [-0.05, 0) is 24.1 Å². The van der Waals surface area contributed by atoms with E-state index in [1.54, 1.807) is 13.8 Å². The molecule has 0 aliphatic heterocycles. The van der Waals surface area contributed by atoms with E-state index >= 15 is 0 Å². The molecule has 1 aromatic carbocycles. The number of carboxylic acids is 1. The number of aliphatic carboxylic acids is 1. The quantitative estimate of drug-likeness (QED) is 0.857. The summed E-state index contributed by atoms with van der Waals surface area (Å²) >= 11 is 5.79. The summed E-state index contributed by atoms with van der Waals surface area (Å²) in [5.74, 6) is -1.51. The van der Waals surface area contributed by atoms with Crippen molar-refractivity contribution in [2.45, 2.75) is 19.9 Å². The maximum Gasteiger partial charge on any atom is 0.326 e. The van der Waals surface area contributed by atoms with Crippen molar-refractivity contribution in [3.63, 3.8) is 0 Å². The monoisotopic (exact) mass is 245 g/mol. The molecule has 1 rings (SSSR count). The van der Waals surface area contributed by atoms with Crippen molar-refractivity contribution >= 4 is 23.3 Å². The summed E-state index contributed by atoms with van der Waals surface area (Å²) in [6.45, 7) is 3.56. The Bertz CT molecular complexity index is 396. The average molecular weight is 246 g/mol. The van der Waals surface area contributed by atoms with E-state index in [1.807, 2.05) is 0 Å². The third-order valence-corrected chi connectivity index (χ3v) is 2.49. The fraction of sp³-hybridized carbons (Fsp3) is 0.364. The standard InChI is InChI=1S/C11H13ClFNO2/c1-6(2)10(11(15)16)14-9-4-3-7(13)5-8(9)12/h3-6,10,14H,1-2H3,(H,15,16)/t10-/m0/s1. The van der Waals surface area contributed by atoms with Crippen LogP contribution in [-0.2, 0) is 4.79 Å². The molecule has 0 bridgehead atoms. The van der Waals surface area contributed by atoms with E-state index in [4.69, 9.17) is 16.7 Å². The number of carbonyl (C=O) groups is 1. The molecule has 0 aliphatic rings. The molecule has 0 fully saturated rings. The summed E-state index contributed by atoms with van der Waals surface area (Å²) in [6, 6.07) is 3.05. The highest BCUT2D eigenvalue weighted by molar-refractivity contribution is 6.33. The molecule has 1 atom stereocenters. The normalized spacial score (nSPS) is 12.6. The lowest BCUT2D eigenvalue weighted by Gasteiger charge is -2.19. The minimum Gasteiger partial charge on any atom is -0.480 e. The Hall–Kier alpha value is -1.29. The molecule has 0 heterocycles. The van der Waals surface area contributed by atoms with Gasteiger partial charge in [0.05, 0.1) is 10.7 Å². The highest BCUT2D eigenvalue weighted by Gasteiger charge is 2.21. The molecular weight excluding hydrogens is 233 g/mol. The van der Waals surface area contributed by atoms with Gasteiger partial charge in [0.25, 0.3) is 0 Å². The molecule has 16 heavy (non-hydrogen) atoms. The number of benzene rings is 1. The van der Waals surface area contributed by atoms with E-state index < -0.39 is 17.8 Å². The molecule has 0 aliphatic carbocycles. The maximum absolute atomic E-state index is 12.8. The first kappa shape index (κ1) is 12.8. The third kappa shape index (κ3) is 3.10. The molecule has 0 spiro atoms. The maximum atomic E-state index is 12.8. The fourth-order valence-corrected chi connectivity index (χ4v) is 1.51. The first-order chi connectivity index (χ1) is 7.41. The van der Waals surface area contributed by atoms with Crippen molar-refractivity contribution in [2.24, 2.45) is 5.92 Å². The van der Waals surface area contributed by atoms with Gasteiger partial charge in [0.2, 0.25) is 0 Å². The number of rotatable bonds is 4. The van der Waals surface area contributed by atoms with E-state index in [0.717, 1.165) is 6.07 Å².